The molecule has 7 heteroatoms. The van der Waals surface area contributed by atoms with Gasteiger partial charge in [0.2, 0.25) is 0 Å². The highest BCUT2D eigenvalue weighted by atomic mass is 16.5. The van der Waals surface area contributed by atoms with Gasteiger partial charge in [-0.05, 0) is 108 Å². The number of unbranched alkanes of at least 4 members (excludes halogenated alkanes) is 22. The molecule has 338 valence electrons. The predicted octanol–water partition coefficient (Wildman–Crippen LogP) is 14.2. The molecule has 0 aliphatic carbocycles. The smallest absolute Gasteiger partial charge is 0.305 e. The highest BCUT2D eigenvalue weighted by molar-refractivity contribution is 5.69. The number of esters is 2. The summed E-state index contributed by atoms with van der Waals surface area (Å²) in [4.78, 5) is 34.1. The Hall–Kier alpha value is -2.67. The van der Waals surface area contributed by atoms with E-state index in [0.717, 1.165) is 51.7 Å². The van der Waals surface area contributed by atoms with Gasteiger partial charge in [-0.2, -0.15) is 0 Å². The molecule has 1 aliphatic heterocycles. The molecule has 0 radical (unpaired) electrons. The first-order valence-electron chi connectivity index (χ1n) is 25.1. The Kier molecular flexibility index (Phi) is 35.1. The van der Waals surface area contributed by atoms with E-state index in [1.165, 1.54) is 160 Å². The first-order chi connectivity index (χ1) is 29.1. The maximum Gasteiger partial charge on any atom is 0.305 e. The maximum absolute atomic E-state index is 12.6. The zero-order valence-corrected chi connectivity index (χ0v) is 38.5. The molecule has 0 atom stereocenters. The number of pyridine rings is 1. The van der Waals surface area contributed by atoms with Crippen LogP contribution in [0.3, 0.4) is 0 Å². The molecule has 1 aromatic heterocycles. The van der Waals surface area contributed by atoms with Crippen LogP contribution >= 0.6 is 0 Å². The molecule has 7 nitrogen and oxygen atoms in total. The van der Waals surface area contributed by atoms with Crippen LogP contribution in [0.25, 0.3) is 0 Å². The molecule has 0 saturated carbocycles. The second-order valence-corrected chi connectivity index (χ2v) is 17.4. The van der Waals surface area contributed by atoms with Crippen LogP contribution in [-0.4, -0.2) is 67.8 Å². The van der Waals surface area contributed by atoms with Gasteiger partial charge in [-0.3, -0.25) is 19.5 Å². The van der Waals surface area contributed by atoms with Gasteiger partial charge in [0, 0.05) is 57.1 Å². The third-order valence-electron chi connectivity index (χ3n) is 12.1. The van der Waals surface area contributed by atoms with Crippen molar-refractivity contribution in [3.8, 4) is 0 Å². The van der Waals surface area contributed by atoms with E-state index >= 15 is 0 Å². The Morgan fingerprint density at radius 2 is 0.966 bits per heavy atom. The fraction of sp³-hybridized carbons (Fsp3) is 0.788. The van der Waals surface area contributed by atoms with E-state index in [2.05, 4.69) is 65.1 Å². The van der Waals surface area contributed by atoms with Crippen molar-refractivity contribution in [1.82, 2.24) is 9.88 Å². The van der Waals surface area contributed by atoms with Crippen LogP contribution in [0.2, 0.25) is 0 Å². The lowest BCUT2D eigenvalue weighted by atomic mass is 9.93. The standard InChI is InChI=1S/C52H91N3O4/c1-3-5-7-9-11-13-15-17-19-21-23-25-27-29-31-33-51(56)58-47-45-54(42-37-49-38-43-55(44-39-49)50-35-40-53-41-36-50)46-48-59-52(57)34-32-30-28-26-24-22-20-18-16-14-12-10-8-6-4-2/h17-20,35-36,40-41,49H,3-16,21-34,37-39,42-48H2,1-2H3/b19-17-,20-18-. The average molecular weight is 822 g/mol. The molecule has 0 N–H and O–H groups in total. The van der Waals surface area contributed by atoms with Crippen molar-refractivity contribution in [1.29, 1.82) is 0 Å². The number of ether oxygens (including phenoxy) is 2. The second-order valence-electron chi connectivity index (χ2n) is 17.4. The average Bonchev–Trinajstić information content (AvgIpc) is 3.25. The molecule has 59 heavy (non-hydrogen) atoms. The highest BCUT2D eigenvalue weighted by Gasteiger charge is 2.20. The van der Waals surface area contributed by atoms with Crippen molar-refractivity contribution >= 4 is 17.6 Å². The number of piperidine rings is 1. The van der Waals surface area contributed by atoms with E-state index in [-0.39, 0.29) is 11.9 Å². The van der Waals surface area contributed by atoms with Gasteiger partial charge in [0.05, 0.1) is 0 Å². The number of rotatable bonds is 40. The molecule has 0 unspecified atom stereocenters. The number of nitrogens with zero attached hydrogens (tertiary/aromatic N) is 3. The van der Waals surface area contributed by atoms with Gasteiger partial charge in [-0.1, -0.05) is 141 Å². The Bertz CT molecular complexity index is 1090. The van der Waals surface area contributed by atoms with Crippen LogP contribution in [0.5, 0.6) is 0 Å². The molecule has 1 fully saturated rings. The lowest BCUT2D eigenvalue weighted by Crippen LogP contribution is -2.37. The van der Waals surface area contributed by atoms with E-state index in [9.17, 15) is 9.59 Å². The van der Waals surface area contributed by atoms with Gasteiger partial charge in [0.1, 0.15) is 13.2 Å². The molecular weight excluding hydrogens is 731 g/mol. The van der Waals surface area contributed by atoms with Crippen molar-refractivity contribution in [2.45, 2.75) is 213 Å². The number of carbonyl (C=O) groups excluding carboxylic acids is 2. The second kappa shape index (κ2) is 39.5. The van der Waals surface area contributed by atoms with Crippen molar-refractivity contribution < 1.29 is 19.1 Å². The third kappa shape index (κ3) is 31.8. The SMILES string of the molecule is CCCCCCCC/C=C\CCCCCCCC(=O)OCCN(CCOC(=O)CCCCCCC/C=C\CCCCCCCC)CCC1CCN(c2ccncc2)CC1. The molecule has 2 rings (SSSR count). The zero-order valence-electron chi connectivity index (χ0n) is 38.5. The fourth-order valence-electron chi connectivity index (χ4n) is 8.14. The number of anilines is 1. The topological polar surface area (TPSA) is 72.0 Å². The number of carbonyl (C=O) groups is 2. The number of aromatic nitrogens is 1. The highest BCUT2D eigenvalue weighted by Crippen LogP contribution is 2.25. The van der Waals surface area contributed by atoms with Crippen LogP contribution in [0.4, 0.5) is 5.69 Å². The quantitative estimate of drug-likeness (QED) is 0.0371. The molecule has 2 heterocycles. The molecule has 0 bridgehead atoms. The van der Waals surface area contributed by atoms with Gasteiger partial charge in [0.15, 0.2) is 0 Å². The van der Waals surface area contributed by atoms with Gasteiger partial charge in [0.25, 0.3) is 0 Å². The Morgan fingerprint density at radius 1 is 0.576 bits per heavy atom. The summed E-state index contributed by atoms with van der Waals surface area (Å²) in [5, 5.41) is 0. The monoisotopic (exact) mass is 822 g/mol. The molecule has 1 saturated heterocycles. The minimum atomic E-state index is -0.0857. The molecule has 1 aromatic rings. The van der Waals surface area contributed by atoms with E-state index in [1.807, 2.05) is 12.4 Å². The van der Waals surface area contributed by atoms with Crippen LogP contribution in [0.15, 0.2) is 48.8 Å². The van der Waals surface area contributed by atoms with Crippen LogP contribution < -0.4 is 4.90 Å². The summed E-state index contributed by atoms with van der Waals surface area (Å²) in [7, 11) is 0. The fourth-order valence-corrected chi connectivity index (χ4v) is 8.14. The van der Waals surface area contributed by atoms with Crippen molar-refractivity contribution in [2.75, 3.05) is 50.8 Å². The number of allylic oxidation sites excluding steroid dienone is 4. The zero-order chi connectivity index (χ0) is 42.1. The summed E-state index contributed by atoms with van der Waals surface area (Å²) in [5.41, 5.74) is 1.26. The summed E-state index contributed by atoms with van der Waals surface area (Å²) in [6.07, 6.45) is 50.1. The van der Waals surface area contributed by atoms with Gasteiger partial charge >= 0.3 is 11.9 Å². The summed E-state index contributed by atoms with van der Waals surface area (Å²) >= 11 is 0. The molecule has 0 spiro atoms. The van der Waals surface area contributed by atoms with Crippen molar-refractivity contribution in [3.63, 3.8) is 0 Å². The van der Waals surface area contributed by atoms with Crippen LogP contribution in [0.1, 0.15) is 213 Å². The maximum atomic E-state index is 12.6. The summed E-state index contributed by atoms with van der Waals surface area (Å²) in [6.45, 7) is 9.76. The largest absolute Gasteiger partial charge is 0.464 e. The predicted molar refractivity (Wildman–Crippen MR) is 251 cm³/mol. The van der Waals surface area contributed by atoms with E-state index in [0.29, 0.717) is 45.1 Å². The van der Waals surface area contributed by atoms with E-state index < -0.39 is 0 Å². The molecule has 0 amide bonds. The molecule has 1 aliphatic rings. The first kappa shape index (κ1) is 52.5. The number of hydrogen-bond donors (Lipinski definition) is 0. The lowest BCUT2D eigenvalue weighted by molar-refractivity contribution is -0.144. The van der Waals surface area contributed by atoms with E-state index in [1.54, 1.807) is 0 Å². The minimum absolute atomic E-state index is 0.0857. The van der Waals surface area contributed by atoms with Crippen molar-refractivity contribution in [2.24, 2.45) is 5.92 Å². The van der Waals surface area contributed by atoms with Crippen LogP contribution in [-0.2, 0) is 19.1 Å². The first-order valence-corrected chi connectivity index (χ1v) is 25.1. The molecule has 0 aromatic carbocycles. The van der Waals surface area contributed by atoms with Gasteiger partial charge in [-0.25, -0.2) is 0 Å². The van der Waals surface area contributed by atoms with Gasteiger partial charge < -0.3 is 14.4 Å². The number of hydrogen-bond acceptors (Lipinski definition) is 7. The third-order valence-corrected chi connectivity index (χ3v) is 12.1. The summed E-state index contributed by atoms with van der Waals surface area (Å²) in [6, 6.07) is 4.19. The normalized spacial score (nSPS) is 13.6. The Labute approximate surface area is 363 Å². The van der Waals surface area contributed by atoms with Crippen molar-refractivity contribution in [3.05, 3.63) is 48.8 Å². The van der Waals surface area contributed by atoms with Crippen LogP contribution in [0, 0.1) is 5.92 Å². The minimum Gasteiger partial charge on any atom is -0.464 e. The lowest BCUT2D eigenvalue weighted by Gasteiger charge is -2.34. The Balaban J connectivity index is 1.57. The van der Waals surface area contributed by atoms with E-state index in [4.69, 9.17) is 9.47 Å². The van der Waals surface area contributed by atoms with Gasteiger partial charge in [-0.15, -0.1) is 0 Å². The summed E-state index contributed by atoms with van der Waals surface area (Å²) < 4.78 is 11.4. The molecular formula is C52H91N3O4. The Morgan fingerprint density at radius 3 is 1.39 bits per heavy atom. The summed E-state index contributed by atoms with van der Waals surface area (Å²) in [5.74, 6) is 0.498.